The Morgan fingerprint density at radius 2 is 1.97 bits per heavy atom. The van der Waals surface area contributed by atoms with Crippen LogP contribution in [0.25, 0.3) is 10.9 Å². The van der Waals surface area contributed by atoms with Crippen molar-refractivity contribution in [3.8, 4) is 0 Å². The van der Waals surface area contributed by atoms with Crippen LogP contribution in [0.5, 0.6) is 0 Å². The highest BCUT2D eigenvalue weighted by Crippen LogP contribution is 2.25. The number of morpholine rings is 1. The zero-order valence-corrected chi connectivity index (χ0v) is 18.6. The predicted molar refractivity (Wildman–Crippen MR) is 125 cm³/mol. The molecule has 0 radical (unpaired) electrons. The second kappa shape index (κ2) is 9.16. The number of nitrogens with zero attached hydrogens (tertiary/aromatic N) is 2. The highest BCUT2D eigenvalue weighted by atomic mass is 19.1. The molecule has 6 heteroatoms. The summed E-state index contributed by atoms with van der Waals surface area (Å²) in [6.07, 6.45) is 2.44. The van der Waals surface area contributed by atoms with Crippen LogP contribution < -0.4 is 0 Å². The number of para-hydroxylation sites is 1. The smallest absolute Gasteiger partial charge is 0.227 e. The summed E-state index contributed by atoms with van der Waals surface area (Å²) in [5.74, 6) is -0.135. The first kappa shape index (κ1) is 21.3. The van der Waals surface area contributed by atoms with Crippen molar-refractivity contribution in [2.45, 2.75) is 25.9 Å². The second-order valence-corrected chi connectivity index (χ2v) is 8.55. The number of hydrogen-bond donors (Lipinski definition) is 1. The molecular formula is C27H26FN3O2. The van der Waals surface area contributed by atoms with Gasteiger partial charge in [0.15, 0.2) is 0 Å². The lowest BCUT2D eigenvalue weighted by atomic mass is 10.0. The zero-order chi connectivity index (χ0) is 22.8. The Balaban J connectivity index is 1.31. The maximum atomic E-state index is 14.1. The van der Waals surface area contributed by atoms with Crippen LogP contribution in [-0.4, -0.2) is 40.5 Å². The number of benzene rings is 2. The molecule has 5 nitrogen and oxygen atoms in total. The van der Waals surface area contributed by atoms with E-state index in [9.17, 15) is 9.18 Å². The van der Waals surface area contributed by atoms with Gasteiger partial charge in [-0.15, -0.1) is 0 Å². The van der Waals surface area contributed by atoms with Crippen LogP contribution in [0.2, 0.25) is 0 Å². The lowest BCUT2D eigenvalue weighted by molar-refractivity contribution is -0.138. The molecule has 0 spiro atoms. The molecule has 2 aromatic carbocycles. The minimum Gasteiger partial charge on any atom is -0.368 e. The standard InChI is InChI=1S/C27H26FN3O2/c1-18-12-19(13-20-6-2-4-8-23(20)28)14-25(30-18)26-17-31(10-11-33-26)27(32)15-21-16-29-24-9-5-3-7-22(21)24/h2-9,12,14,16,26,29H,10-11,13,15,17H2,1H3/t26-/m1/s1. The summed E-state index contributed by atoms with van der Waals surface area (Å²) in [5, 5.41) is 1.08. The Morgan fingerprint density at radius 1 is 1.15 bits per heavy atom. The minimum atomic E-state index is -0.301. The lowest BCUT2D eigenvalue weighted by Crippen LogP contribution is -2.43. The quantitative estimate of drug-likeness (QED) is 0.485. The largest absolute Gasteiger partial charge is 0.368 e. The first-order chi connectivity index (χ1) is 16.1. The number of amides is 1. The summed E-state index contributed by atoms with van der Waals surface area (Å²) in [5.41, 5.74) is 5.30. The molecule has 1 N–H and O–H groups in total. The molecule has 1 amide bonds. The van der Waals surface area contributed by atoms with Gasteiger partial charge in [0.25, 0.3) is 0 Å². The van der Waals surface area contributed by atoms with Gasteiger partial charge in [-0.05, 0) is 47.9 Å². The van der Waals surface area contributed by atoms with E-state index in [2.05, 4.69) is 9.97 Å². The molecule has 1 atom stereocenters. The molecule has 1 saturated heterocycles. The van der Waals surface area contributed by atoms with Gasteiger partial charge >= 0.3 is 0 Å². The Morgan fingerprint density at radius 3 is 2.85 bits per heavy atom. The molecule has 0 bridgehead atoms. The van der Waals surface area contributed by atoms with Crippen LogP contribution in [0.15, 0.2) is 66.9 Å². The van der Waals surface area contributed by atoms with Crippen LogP contribution in [0.4, 0.5) is 4.39 Å². The molecule has 1 aliphatic rings. The average Bonchev–Trinajstić information content (AvgIpc) is 3.23. The van der Waals surface area contributed by atoms with Crippen molar-refractivity contribution < 1.29 is 13.9 Å². The molecule has 0 saturated carbocycles. The van der Waals surface area contributed by atoms with Crippen molar-refractivity contribution in [2.24, 2.45) is 0 Å². The predicted octanol–water partition coefficient (Wildman–Crippen LogP) is 4.74. The summed E-state index contributed by atoms with van der Waals surface area (Å²) in [6, 6.07) is 18.8. The van der Waals surface area contributed by atoms with E-state index >= 15 is 0 Å². The SMILES string of the molecule is Cc1cc(Cc2ccccc2F)cc([C@H]2CN(C(=O)Cc3c[nH]c4ccccc34)CCO2)n1. The summed E-state index contributed by atoms with van der Waals surface area (Å²) in [6.45, 7) is 3.40. The van der Waals surface area contributed by atoms with Crippen molar-refractivity contribution in [3.63, 3.8) is 0 Å². The molecule has 0 unspecified atom stereocenters. The first-order valence-electron chi connectivity index (χ1n) is 11.2. The van der Waals surface area contributed by atoms with E-state index in [1.54, 1.807) is 12.1 Å². The Bertz CT molecular complexity index is 1300. The summed E-state index contributed by atoms with van der Waals surface area (Å²) >= 11 is 0. The Kier molecular flexibility index (Phi) is 5.92. The average molecular weight is 444 g/mol. The molecule has 1 aliphatic heterocycles. The fourth-order valence-corrected chi connectivity index (χ4v) is 4.50. The summed E-state index contributed by atoms with van der Waals surface area (Å²) < 4.78 is 20.1. The number of aryl methyl sites for hydroxylation is 1. The normalized spacial score (nSPS) is 16.3. The van der Waals surface area contributed by atoms with E-state index in [1.165, 1.54) is 6.07 Å². The number of carbonyl (C=O) groups is 1. The topological polar surface area (TPSA) is 58.2 Å². The molecule has 4 aromatic rings. The van der Waals surface area contributed by atoms with Crippen molar-refractivity contribution in [2.75, 3.05) is 19.7 Å². The van der Waals surface area contributed by atoms with Crippen molar-refractivity contribution in [1.82, 2.24) is 14.9 Å². The van der Waals surface area contributed by atoms with Crippen molar-refractivity contribution in [3.05, 3.63) is 101 Å². The van der Waals surface area contributed by atoms with E-state index in [4.69, 9.17) is 4.74 Å². The van der Waals surface area contributed by atoms with E-state index < -0.39 is 0 Å². The van der Waals surface area contributed by atoms with Crippen LogP contribution in [0.3, 0.4) is 0 Å². The van der Waals surface area contributed by atoms with Gasteiger partial charge in [-0.2, -0.15) is 0 Å². The minimum absolute atomic E-state index is 0.0762. The Hall–Kier alpha value is -3.51. The molecular weight excluding hydrogens is 417 g/mol. The number of pyridine rings is 1. The second-order valence-electron chi connectivity index (χ2n) is 8.55. The molecule has 1 fully saturated rings. The van der Waals surface area contributed by atoms with Gasteiger partial charge in [-0.25, -0.2) is 4.39 Å². The number of H-pyrrole nitrogens is 1. The van der Waals surface area contributed by atoms with Gasteiger partial charge in [0, 0.05) is 35.8 Å². The lowest BCUT2D eigenvalue weighted by Gasteiger charge is -2.33. The van der Waals surface area contributed by atoms with Crippen molar-refractivity contribution in [1.29, 1.82) is 0 Å². The van der Waals surface area contributed by atoms with Gasteiger partial charge < -0.3 is 14.6 Å². The van der Waals surface area contributed by atoms with Crippen molar-refractivity contribution >= 4 is 16.8 Å². The third-order valence-electron chi connectivity index (χ3n) is 6.15. The maximum absolute atomic E-state index is 14.1. The number of halogens is 1. The number of nitrogens with one attached hydrogen (secondary N) is 1. The number of carbonyl (C=O) groups excluding carboxylic acids is 1. The molecule has 5 rings (SSSR count). The maximum Gasteiger partial charge on any atom is 0.227 e. The first-order valence-corrected chi connectivity index (χ1v) is 11.2. The number of rotatable bonds is 5. The monoisotopic (exact) mass is 443 g/mol. The fourth-order valence-electron chi connectivity index (χ4n) is 4.50. The van der Waals surface area contributed by atoms with E-state index in [-0.39, 0.29) is 17.8 Å². The number of aromatic nitrogens is 2. The van der Waals surface area contributed by atoms with E-state index in [0.717, 1.165) is 33.4 Å². The highest BCUT2D eigenvalue weighted by Gasteiger charge is 2.27. The summed E-state index contributed by atoms with van der Waals surface area (Å²) in [4.78, 5) is 22.9. The van der Waals surface area contributed by atoms with Gasteiger partial charge in [-0.3, -0.25) is 9.78 Å². The van der Waals surface area contributed by atoms with Gasteiger partial charge in [0.1, 0.15) is 11.9 Å². The van der Waals surface area contributed by atoms with Crippen LogP contribution >= 0.6 is 0 Å². The Labute approximate surface area is 192 Å². The molecule has 2 aromatic heterocycles. The zero-order valence-electron chi connectivity index (χ0n) is 18.6. The molecule has 3 heterocycles. The third-order valence-corrected chi connectivity index (χ3v) is 6.15. The van der Waals surface area contributed by atoms with E-state index in [0.29, 0.717) is 38.1 Å². The van der Waals surface area contributed by atoms with Gasteiger partial charge in [0.05, 0.1) is 25.3 Å². The third kappa shape index (κ3) is 4.66. The van der Waals surface area contributed by atoms with Crippen LogP contribution in [0.1, 0.15) is 34.2 Å². The van der Waals surface area contributed by atoms with Gasteiger partial charge in [0.2, 0.25) is 5.91 Å². The van der Waals surface area contributed by atoms with Crippen LogP contribution in [-0.2, 0) is 22.4 Å². The molecule has 33 heavy (non-hydrogen) atoms. The van der Waals surface area contributed by atoms with E-state index in [1.807, 2.05) is 60.5 Å². The van der Waals surface area contributed by atoms with Gasteiger partial charge in [-0.1, -0.05) is 36.4 Å². The molecule has 168 valence electrons. The number of ether oxygens (including phenoxy) is 1. The molecule has 0 aliphatic carbocycles. The van der Waals surface area contributed by atoms with Crippen LogP contribution in [0, 0.1) is 12.7 Å². The summed E-state index contributed by atoms with van der Waals surface area (Å²) in [7, 11) is 0. The number of fused-ring (bicyclic) bond motifs is 1. The fraction of sp³-hybridized carbons (Fsp3) is 0.259. The number of hydrogen-bond acceptors (Lipinski definition) is 3. The number of aromatic amines is 1. The highest BCUT2D eigenvalue weighted by molar-refractivity contribution is 5.88.